The second kappa shape index (κ2) is 7.02. The number of piperidine rings is 3. The standard InChI is InChI=1S/C28H37N3O4/c1-17(2)10-13-35-22-19(32)9-8-18-21(22)29-23(33)28(18)15-27-16-31-12-7-6-11-26(31,24(34)30(27)5)14-20(27)25(28,3)4/h8-10,20,32H,6-7,11-16H2,1-5H3,(H,29,33)/t20?,26?,27-,28+/m0/s1. The van der Waals surface area contributed by atoms with Gasteiger partial charge in [0.1, 0.15) is 12.1 Å². The summed E-state index contributed by atoms with van der Waals surface area (Å²) in [6.45, 7) is 10.5. The van der Waals surface area contributed by atoms with Crippen molar-refractivity contribution in [2.24, 2.45) is 11.3 Å². The van der Waals surface area contributed by atoms with E-state index >= 15 is 0 Å². The zero-order valence-corrected chi connectivity index (χ0v) is 21.5. The molecule has 2 amide bonds. The smallest absolute Gasteiger partial charge is 0.243 e. The van der Waals surface area contributed by atoms with Crippen molar-refractivity contribution >= 4 is 17.5 Å². The first-order valence-electron chi connectivity index (χ1n) is 13.0. The van der Waals surface area contributed by atoms with E-state index in [9.17, 15) is 14.7 Å². The van der Waals surface area contributed by atoms with Crippen LogP contribution in [0.5, 0.6) is 11.5 Å². The largest absolute Gasteiger partial charge is 0.504 e. The Morgan fingerprint density at radius 3 is 2.77 bits per heavy atom. The van der Waals surface area contributed by atoms with E-state index < -0.39 is 11.0 Å². The molecule has 5 fully saturated rings. The number of likely N-dealkylation sites (N-methyl/N-ethyl adjacent to an activating group) is 1. The summed E-state index contributed by atoms with van der Waals surface area (Å²) in [7, 11) is 1.97. The van der Waals surface area contributed by atoms with Gasteiger partial charge in [0.15, 0.2) is 11.5 Å². The molecule has 2 unspecified atom stereocenters. The lowest BCUT2D eigenvalue weighted by atomic mass is 9.56. The Bertz CT molecular complexity index is 1170. The molecule has 7 heteroatoms. The number of carbonyl (C=O) groups excluding carboxylic acids is 2. The molecule has 7 nitrogen and oxygen atoms in total. The van der Waals surface area contributed by atoms with Crippen molar-refractivity contribution in [1.29, 1.82) is 0 Å². The lowest BCUT2D eigenvalue weighted by Crippen LogP contribution is -2.80. The van der Waals surface area contributed by atoms with Crippen molar-refractivity contribution in [1.82, 2.24) is 9.80 Å². The molecule has 188 valence electrons. The molecule has 1 aromatic rings. The lowest BCUT2D eigenvalue weighted by Gasteiger charge is -2.67. The second-order valence-corrected chi connectivity index (χ2v) is 12.3. The summed E-state index contributed by atoms with van der Waals surface area (Å²) >= 11 is 0. The number of ether oxygens (including phenoxy) is 1. The van der Waals surface area contributed by atoms with Crippen LogP contribution in [-0.4, -0.2) is 64.5 Å². The van der Waals surface area contributed by atoms with Crippen LogP contribution in [0.3, 0.4) is 0 Å². The van der Waals surface area contributed by atoms with Gasteiger partial charge < -0.3 is 20.1 Å². The van der Waals surface area contributed by atoms with Gasteiger partial charge in [-0.05, 0) is 81.5 Å². The zero-order valence-electron chi connectivity index (χ0n) is 21.5. The number of phenolic OH excluding ortho intramolecular Hbond substituents is 1. The summed E-state index contributed by atoms with van der Waals surface area (Å²) in [5.41, 5.74) is 0.594. The number of hydrogen-bond donors (Lipinski definition) is 2. The normalized spacial score (nSPS) is 36.6. The maximum Gasteiger partial charge on any atom is 0.243 e. The number of hydrogen-bond acceptors (Lipinski definition) is 5. The van der Waals surface area contributed by atoms with Crippen LogP contribution in [0.25, 0.3) is 0 Å². The Hall–Kier alpha value is -2.54. The van der Waals surface area contributed by atoms with Gasteiger partial charge in [-0.15, -0.1) is 0 Å². The third-order valence-corrected chi connectivity index (χ3v) is 10.4. The Labute approximate surface area is 207 Å². The van der Waals surface area contributed by atoms with Crippen molar-refractivity contribution in [3.63, 3.8) is 0 Å². The molecule has 5 heterocycles. The highest BCUT2D eigenvalue weighted by atomic mass is 16.5. The molecule has 1 saturated carbocycles. The number of anilines is 1. The molecule has 4 saturated heterocycles. The fourth-order valence-corrected chi connectivity index (χ4v) is 8.56. The van der Waals surface area contributed by atoms with E-state index in [0.29, 0.717) is 24.5 Å². The number of nitrogens with one attached hydrogen (secondary N) is 1. The number of benzene rings is 1. The van der Waals surface area contributed by atoms with E-state index in [2.05, 4.69) is 24.1 Å². The predicted molar refractivity (Wildman–Crippen MR) is 134 cm³/mol. The summed E-state index contributed by atoms with van der Waals surface area (Å²) in [5.74, 6) is 0.756. The van der Waals surface area contributed by atoms with E-state index in [1.54, 1.807) is 6.07 Å². The van der Waals surface area contributed by atoms with E-state index in [1.807, 2.05) is 37.9 Å². The minimum Gasteiger partial charge on any atom is -0.504 e. The summed E-state index contributed by atoms with van der Waals surface area (Å²) in [6.07, 6.45) is 6.47. The Balaban J connectivity index is 1.49. The molecule has 35 heavy (non-hydrogen) atoms. The number of fused-ring (bicyclic) bond motifs is 3. The molecule has 7 rings (SSSR count). The van der Waals surface area contributed by atoms with Gasteiger partial charge in [0.25, 0.3) is 0 Å². The first-order chi connectivity index (χ1) is 16.5. The zero-order chi connectivity index (χ0) is 25.0. The molecule has 4 atom stereocenters. The molecule has 0 aromatic heterocycles. The molecule has 1 aliphatic carbocycles. The van der Waals surface area contributed by atoms with Gasteiger partial charge in [-0.2, -0.15) is 0 Å². The number of phenols is 1. The van der Waals surface area contributed by atoms with Crippen LogP contribution in [0.4, 0.5) is 5.69 Å². The summed E-state index contributed by atoms with van der Waals surface area (Å²) in [6, 6.07) is 3.55. The molecular weight excluding hydrogens is 442 g/mol. The van der Waals surface area contributed by atoms with Crippen LogP contribution >= 0.6 is 0 Å². The highest BCUT2D eigenvalue weighted by Gasteiger charge is 2.78. The topological polar surface area (TPSA) is 82.1 Å². The lowest BCUT2D eigenvalue weighted by molar-refractivity contribution is -0.196. The van der Waals surface area contributed by atoms with Crippen molar-refractivity contribution < 1.29 is 19.4 Å². The maximum absolute atomic E-state index is 14.1. The van der Waals surface area contributed by atoms with E-state index in [0.717, 1.165) is 49.9 Å². The van der Waals surface area contributed by atoms with Crippen LogP contribution in [0.2, 0.25) is 0 Å². The van der Waals surface area contributed by atoms with Crippen LogP contribution in [0, 0.1) is 11.3 Å². The van der Waals surface area contributed by atoms with Crippen molar-refractivity contribution in [3.05, 3.63) is 29.3 Å². The average molecular weight is 480 g/mol. The maximum atomic E-state index is 14.1. The van der Waals surface area contributed by atoms with Gasteiger partial charge in [0.2, 0.25) is 11.8 Å². The van der Waals surface area contributed by atoms with Gasteiger partial charge in [-0.25, -0.2) is 0 Å². The van der Waals surface area contributed by atoms with Crippen molar-refractivity contribution in [2.75, 3.05) is 32.1 Å². The molecule has 2 bridgehead atoms. The van der Waals surface area contributed by atoms with Gasteiger partial charge in [-0.1, -0.05) is 25.5 Å². The average Bonchev–Trinajstić information content (AvgIpc) is 3.21. The Morgan fingerprint density at radius 2 is 2.03 bits per heavy atom. The first-order valence-corrected chi connectivity index (χ1v) is 13.0. The third-order valence-electron chi connectivity index (χ3n) is 10.4. The van der Waals surface area contributed by atoms with Gasteiger partial charge in [0.05, 0.1) is 16.6 Å². The van der Waals surface area contributed by atoms with E-state index in [1.165, 1.54) is 0 Å². The number of carbonyl (C=O) groups is 2. The van der Waals surface area contributed by atoms with Gasteiger partial charge >= 0.3 is 0 Å². The summed E-state index contributed by atoms with van der Waals surface area (Å²) in [5, 5.41) is 13.8. The monoisotopic (exact) mass is 479 g/mol. The summed E-state index contributed by atoms with van der Waals surface area (Å²) < 4.78 is 5.99. The molecular formula is C28H37N3O4. The number of rotatable bonds is 3. The molecule has 0 radical (unpaired) electrons. The van der Waals surface area contributed by atoms with Crippen LogP contribution in [0.15, 0.2) is 23.8 Å². The highest BCUT2D eigenvalue weighted by molar-refractivity contribution is 6.09. The van der Waals surface area contributed by atoms with Crippen LogP contribution in [0.1, 0.15) is 65.4 Å². The van der Waals surface area contributed by atoms with Gasteiger partial charge in [0, 0.05) is 13.6 Å². The van der Waals surface area contributed by atoms with Crippen molar-refractivity contribution in [2.45, 2.75) is 76.3 Å². The molecule has 2 N–H and O–H groups in total. The minimum atomic E-state index is -0.802. The fraction of sp³-hybridized carbons (Fsp3) is 0.643. The quantitative estimate of drug-likeness (QED) is 0.645. The SMILES string of the molecule is CC(C)=CCOc1c(O)ccc2c1NC(=O)[C@@]21C[C@]23CN4CCCCC4(CC2C1(C)C)C(=O)N3C. The van der Waals surface area contributed by atoms with Crippen molar-refractivity contribution in [3.8, 4) is 11.5 Å². The fourth-order valence-electron chi connectivity index (χ4n) is 8.56. The molecule has 3 spiro atoms. The molecule has 5 aliphatic heterocycles. The Morgan fingerprint density at radius 1 is 1.26 bits per heavy atom. The number of aromatic hydroxyl groups is 1. The Kier molecular flexibility index (Phi) is 4.60. The second-order valence-electron chi connectivity index (χ2n) is 12.3. The number of amides is 2. The molecule has 6 aliphatic rings. The number of piperazine rings is 1. The number of nitrogens with zero attached hydrogens (tertiary/aromatic N) is 2. The van der Waals surface area contributed by atoms with Crippen LogP contribution in [-0.2, 0) is 15.0 Å². The third kappa shape index (κ3) is 2.55. The van der Waals surface area contributed by atoms with Gasteiger partial charge in [-0.3, -0.25) is 14.5 Å². The minimum absolute atomic E-state index is 0.0267. The first kappa shape index (κ1) is 22.9. The van der Waals surface area contributed by atoms with E-state index in [4.69, 9.17) is 4.74 Å². The highest BCUT2D eigenvalue weighted by Crippen LogP contribution is 2.72. The molecule has 1 aromatic carbocycles. The summed E-state index contributed by atoms with van der Waals surface area (Å²) in [4.78, 5) is 32.3. The van der Waals surface area contributed by atoms with E-state index in [-0.39, 0.29) is 34.4 Å². The number of allylic oxidation sites excluding steroid dienone is 1. The van der Waals surface area contributed by atoms with Crippen LogP contribution < -0.4 is 10.1 Å². The predicted octanol–water partition coefficient (Wildman–Crippen LogP) is 3.81.